The number of nitrogens with one attached hydrogen (secondary N) is 2. The Labute approximate surface area is 170 Å². The maximum absolute atomic E-state index is 13.0. The van der Waals surface area contributed by atoms with Crippen LogP contribution in [0.15, 0.2) is 29.2 Å². The van der Waals surface area contributed by atoms with Crippen LogP contribution in [0.2, 0.25) is 0 Å². The molecule has 0 atom stereocenters. The van der Waals surface area contributed by atoms with Crippen molar-refractivity contribution >= 4 is 22.0 Å². The molecular formula is C19H27FN4O4S. The van der Waals surface area contributed by atoms with Crippen molar-refractivity contribution in [1.29, 1.82) is 0 Å². The fourth-order valence-electron chi connectivity index (χ4n) is 3.72. The van der Waals surface area contributed by atoms with Gasteiger partial charge >= 0.3 is 6.03 Å². The number of sulfonamides is 1. The highest BCUT2D eigenvalue weighted by molar-refractivity contribution is 7.89. The first kappa shape index (κ1) is 21.7. The van der Waals surface area contributed by atoms with E-state index in [1.807, 2.05) is 0 Å². The van der Waals surface area contributed by atoms with E-state index in [2.05, 4.69) is 10.6 Å². The van der Waals surface area contributed by atoms with Crippen molar-refractivity contribution in [2.45, 2.75) is 43.0 Å². The largest absolute Gasteiger partial charge is 0.335 e. The number of halogens is 1. The summed E-state index contributed by atoms with van der Waals surface area (Å²) in [7, 11) is -3.69. The van der Waals surface area contributed by atoms with Crippen molar-refractivity contribution in [2.24, 2.45) is 0 Å². The van der Waals surface area contributed by atoms with Gasteiger partial charge in [-0.25, -0.2) is 17.6 Å². The third kappa shape index (κ3) is 5.97. The van der Waals surface area contributed by atoms with Gasteiger partial charge in [0.05, 0.1) is 11.4 Å². The minimum Gasteiger partial charge on any atom is -0.335 e. The first-order valence-corrected chi connectivity index (χ1v) is 11.4. The van der Waals surface area contributed by atoms with Gasteiger partial charge in [-0.15, -0.1) is 0 Å². The zero-order valence-electron chi connectivity index (χ0n) is 16.3. The number of imide groups is 1. The van der Waals surface area contributed by atoms with Gasteiger partial charge in [0, 0.05) is 32.2 Å². The summed E-state index contributed by atoms with van der Waals surface area (Å²) < 4.78 is 39.6. The lowest BCUT2D eigenvalue weighted by Crippen LogP contribution is -2.52. The number of carbonyl (C=O) groups is 2. The normalized spacial score (nSPS) is 19.6. The van der Waals surface area contributed by atoms with Gasteiger partial charge in [0.25, 0.3) is 0 Å². The number of hydrogen-bond acceptors (Lipinski definition) is 5. The second kappa shape index (κ2) is 9.64. The van der Waals surface area contributed by atoms with Crippen LogP contribution in [-0.4, -0.2) is 68.3 Å². The first-order chi connectivity index (χ1) is 13.8. The molecule has 29 heavy (non-hydrogen) atoms. The molecule has 1 saturated heterocycles. The first-order valence-electron chi connectivity index (χ1n) is 9.93. The molecule has 1 aliphatic carbocycles. The number of urea groups is 1. The molecular weight excluding hydrogens is 399 g/mol. The topological polar surface area (TPSA) is 98.8 Å². The van der Waals surface area contributed by atoms with E-state index in [-0.39, 0.29) is 30.6 Å². The Bertz CT molecular complexity index is 817. The fraction of sp³-hybridized carbons (Fsp3) is 0.579. The van der Waals surface area contributed by atoms with Gasteiger partial charge in [-0.2, -0.15) is 4.31 Å². The van der Waals surface area contributed by atoms with E-state index in [9.17, 15) is 22.4 Å². The number of nitrogens with zero attached hydrogens (tertiary/aromatic N) is 2. The monoisotopic (exact) mass is 426 g/mol. The molecule has 1 saturated carbocycles. The highest BCUT2D eigenvalue weighted by Gasteiger charge is 2.29. The summed E-state index contributed by atoms with van der Waals surface area (Å²) in [6.07, 6.45) is 5.23. The minimum atomic E-state index is -3.69. The van der Waals surface area contributed by atoms with Crippen LogP contribution in [0.1, 0.15) is 32.1 Å². The Balaban J connectivity index is 1.43. The van der Waals surface area contributed by atoms with Crippen LogP contribution < -0.4 is 10.6 Å². The summed E-state index contributed by atoms with van der Waals surface area (Å²) in [5.74, 6) is -0.902. The van der Waals surface area contributed by atoms with Crippen LogP contribution in [0.25, 0.3) is 0 Å². The van der Waals surface area contributed by atoms with E-state index in [4.69, 9.17) is 0 Å². The van der Waals surface area contributed by atoms with E-state index >= 15 is 0 Å². The average molecular weight is 427 g/mol. The van der Waals surface area contributed by atoms with Crippen molar-refractivity contribution < 1.29 is 22.4 Å². The highest BCUT2D eigenvalue weighted by atomic mass is 32.2. The smallest absolute Gasteiger partial charge is 0.321 e. The molecule has 1 aromatic rings. The molecule has 1 aromatic carbocycles. The Hall–Kier alpha value is -2.04. The fourth-order valence-corrected chi connectivity index (χ4v) is 5.14. The third-order valence-electron chi connectivity index (χ3n) is 5.34. The summed E-state index contributed by atoms with van der Waals surface area (Å²) >= 11 is 0. The molecule has 1 heterocycles. The highest BCUT2D eigenvalue weighted by Crippen LogP contribution is 2.18. The quantitative estimate of drug-likeness (QED) is 0.739. The summed E-state index contributed by atoms with van der Waals surface area (Å²) in [5, 5.41) is 5.18. The Morgan fingerprint density at radius 2 is 1.62 bits per heavy atom. The van der Waals surface area contributed by atoms with Crippen LogP contribution in [0.5, 0.6) is 0 Å². The van der Waals surface area contributed by atoms with Crippen molar-refractivity contribution in [3.63, 3.8) is 0 Å². The van der Waals surface area contributed by atoms with Crippen LogP contribution in [0.4, 0.5) is 9.18 Å². The summed E-state index contributed by atoms with van der Waals surface area (Å²) in [6.45, 7) is 1.22. The van der Waals surface area contributed by atoms with E-state index < -0.39 is 27.8 Å². The zero-order chi connectivity index (χ0) is 20.9. The van der Waals surface area contributed by atoms with E-state index in [1.54, 1.807) is 4.90 Å². The number of hydrogen-bond donors (Lipinski definition) is 2. The van der Waals surface area contributed by atoms with Crippen molar-refractivity contribution in [3.05, 3.63) is 30.1 Å². The lowest BCUT2D eigenvalue weighted by molar-refractivity contribution is -0.121. The number of carbonyl (C=O) groups excluding carboxylic acids is 2. The molecule has 3 rings (SSSR count). The Morgan fingerprint density at radius 1 is 1.00 bits per heavy atom. The second-order valence-electron chi connectivity index (χ2n) is 7.49. The molecule has 0 spiro atoms. The standard InChI is InChI=1S/C19H27FN4O4S/c20-15-6-8-17(9-7-15)29(27,28)24-12-10-23(11-13-24)14-18(25)22-19(26)21-16-4-2-1-3-5-16/h6-9,16H,1-5,10-14H2,(H2,21,22,25,26). The third-order valence-corrected chi connectivity index (χ3v) is 7.26. The molecule has 2 aliphatic rings. The SMILES string of the molecule is O=C(CN1CCN(S(=O)(=O)c2ccc(F)cc2)CC1)NC(=O)NC1CCCCC1. The van der Waals surface area contributed by atoms with Gasteiger partial charge in [-0.1, -0.05) is 19.3 Å². The molecule has 2 fully saturated rings. The zero-order valence-corrected chi connectivity index (χ0v) is 17.1. The predicted octanol–water partition coefficient (Wildman–Crippen LogP) is 1.29. The Morgan fingerprint density at radius 3 is 2.24 bits per heavy atom. The summed E-state index contributed by atoms with van der Waals surface area (Å²) in [6, 6.07) is 4.37. The second-order valence-corrected chi connectivity index (χ2v) is 9.43. The van der Waals surface area contributed by atoms with Crippen LogP contribution in [0, 0.1) is 5.82 Å². The van der Waals surface area contributed by atoms with E-state index in [0.717, 1.165) is 37.8 Å². The van der Waals surface area contributed by atoms with Crippen LogP contribution >= 0.6 is 0 Å². The van der Waals surface area contributed by atoms with Crippen molar-refractivity contribution in [3.8, 4) is 0 Å². The van der Waals surface area contributed by atoms with Crippen molar-refractivity contribution in [1.82, 2.24) is 19.8 Å². The van der Waals surface area contributed by atoms with Gasteiger partial charge in [-0.3, -0.25) is 15.0 Å². The van der Waals surface area contributed by atoms with Gasteiger partial charge in [0.2, 0.25) is 15.9 Å². The molecule has 8 nitrogen and oxygen atoms in total. The van der Waals surface area contributed by atoms with Gasteiger partial charge in [0.15, 0.2) is 0 Å². The molecule has 2 N–H and O–H groups in total. The number of amides is 3. The van der Waals surface area contributed by atoms with Crippen molar-refractivity contribution in [2.75, 3.05) is 32.7 Å². The number of piperazine rings is 1. The molecule has 0 unspecified atom stereocenters. The maximum Gasteiger partial charge on any atom is 0.321 e. The van der Waals surface area contributed by atoms with Crippen LogP contribution in [0.3, 0.4) is 0 Å². The van der Waals surface area contributed by atoms with E-state index in [1.165, 1.54) is 22.9 Å². The van der Waals surface area contributed by atoms with Gasteiger partial charge in [0.1, 0.15) is 5.82 Å². The van der Waals surface area contributed by atoms with Gasteiger partial charge < -0.3 is 5.32 Å². The molecule has 160 valence electrons. The number of benzene rings is 1. The summed E-state index contributed by atoms with van der Waals surface area (Å²) in [5.41, 5.74) is 0. The maximum atomic E-state index is 13.0. The molecule has 10 heteroatoms. The number of rotatable bonds is 5. The molecule has 1 aliphatic heterocycles. The average Bonchev–Trinajstić information content (AvgIpc) is 2.69. The van der Waals surface area contributed by atoms with Crippen LogP contribution in [-0.2, 0) is 14.8 Å². The predicted molar refractivity (Wildman–Crippen MR) is 105 cm³/mol. The Kier molecular flexibility index (Phi) is 7.20. The molecule has 0 radical (unpaired) electrons. The molecule has 0 aromatic heterocycles. The molecule has 3 amide bonds. The lowest BCUT2D eigenvalue weighted by Gasteiger charge is -2.33. The minimum absolute atomic E-state index is 0.0303. The summed E-state index contributed by atoms with van der Waals surface area (Å²) in [4.78, 5) is 25.9. The lowest BCUT2D eigenvalue weighted by atomic mass is 9.96. The van der Waals surface area contributed by atoms with E-state index in [0.29, 0.717) is 13.1 Å². The van der Waals surface area contributed by atoms with Gasteiger partial charge in [-0.05, 0) is 37.1 Å². The molecule has 0 bridgehead atoms.